The standard InChI is InChI=1S/C24H25N3O6S/c1-3-17-10-12-19(13-11-17)27-34(30,31)24-20(15-18-7-4-5-8-21(18)32-2)23(25-16-26-24)33-14-6-9-22(28)29/h3-5,7-8,10-13,16,27H,1,6,9,14-15H2,2H3,(H,28,29). The summed E-state index contributed by atoms with van der Waals surface area (Å²) < 4.78 is 40.2. The Labute approximate surface area is 198 Å². The largest absolute Gasteiger partial charge is 0.496 e. The molecule has 2 N–H and O–H groups in total. The van der Waals surface area contributed by atoms with Gasteiger partial charge in [-0.3, -0.25) is 9.52 Å². The van der Waals surface area contributed by atoms with Gasteiger partial charge in [-0.05, 0) is 35.7 Å². The van der Waals surface area contributed by atoms with Crippen molar-refractivity contribution in [3.05, 3.63) is 78.1 Å². The first kappa shape index (κ1) is 24.7. The van der Waals surface area contributed by atoms with Gasteiger partial charge in [0.15, 0.2) is 5.03 Å². The first-order valence-corrected chi connectivity index (χ1v) is 11.9. The minimum atomic E-state index is -4.11. The van der Waals surface area contributed by atoms with Crippen LogP contribution in [0, 0.1) is 0 Å². The van der Waals surface area contributed by atoms with E-state index in [-0.39, 0.29) is 42.3 Å². The average Bonchev–Trinajstić information content (AvgIpc) is 2.83. The third-order valence-electron chi connectivity index (χ3n) is 4.85. The summed E-state index contributed by atoms with van der Waals surface area (Å²) in [5.41, 5.74) is 2.15. The third kappa shape index (κ3) is 6.32. The summed E-state index contributed by atoms with van der Waals surface area (Å²) in [6.07, 6.45) is 3.03. The molecule has 0 aliphatic heterocycles. The number of para-hydroxylation sites is 1. The number of carbonyl (C=O) groups is 1. The smallest absolute Gasteiger partial charge is 0.303 e. The molecular formula is C24H25N3O6S. The lowest BCUT2D eigenvalue weighted by molar-refractivity contribution is -0.137. The number of hydrogen-bond donors (Lipinski definition) is 2. The highest BCUT2D eigenvalue weighted by Crippen LogP contribution is 2.30. The van der Waals surface area contributed by atoms with Crippen LogP contribution in [0.4, 0.5) is 5.69 Å². The van der Waals surface area contributed by atoms with Crippen molar-refractivity contribution in [2.24, 2.45) is 0 Å². The number of carboxylic acids is 1. The number of sulfonamides is 1. The van der Waals surface area contributed by atoms with Crippen LogP contribution in [0.15, 0.2) is 66.5 Å². The van der Waals surface area contributed by atoms with Gasteiger partial charge < -0.3 is 14.6 Å². The molecule has 34 heavy (non-hydrogen) atoms. The molecule has 0 aliphatic carbocycles. The fourth-order valence-electron chi connectivity index (χ4n) is 3.21. The molecule has 3 aromatic rings. The Bertz CT molecular complexity index is 1260. The molecule has 2 aromatic carbocycles. The lowest BCUT2D eigenvalue weighted by Gasteiger charge is -2.16. The Balaban J connectivity index is 1.99. The maximum absolute atomic E-state index is 13.3. The normalized spacial score (nSPS) is 11.0. The molecule has 0 saturated carbocycles. The molecule has 10 heteroatoms. The van der Waals surface area contributed by atoms with Crippen molar-refractivity contribution in [1.29, 1.82) is 0 Å². The van der Waals surface area contributed by atoms with Gasteiger partial charge >= 0.3 is 5.97 Å². The van der Waals surface area contributed by atoms with E-state index in [0.29, 0.717) is 17.0 Å². The molecule has 0 unspecified atom stereocenters. The summed E-state index contributed by atoms with van der Waals surface area (Å²) in [5.74, 6) is -0.316. The van der Waals surface area contributed by atoms with Crippen molar-refractivity contribution in [3.63, 3.8) is 0 Å². The van der Waals surface area contributed by atoms with Crippen LogP contribution < -0.4 is 14.2 Å². The number of hydrogen-bond acceptors (Lipinski definition) is 7. The van der Waals surface area contributed by atoms with E-state index >= 15 is 0 Å². The molecule has 178 valence electrons. The summed E-state index contributed by atoms with van der Waals surface area (Å²) in [5, 5.41) is 8.61. The first-order chi connectivity index (χ1) is 16.3. The van der Waals surface area contributed by atoms with Gasteiger partial charge in [0.25, 0.3) is 10.0 Å². The Kier molecular flexibility index (Phi) is 8.20. The van der Waals surface area contributed by atoms with Crippen molar-refractivity contribution in [2.45, 2.75) is 24.3 Å². The predicted octanol–water partition coefficient (Wildman–Crippen LogP) is 3.76. The fourth-order valence-corrected chi connectivity index (χ4v) is 4.42. The van der Waals surface area contributed by atoms with Crippen LogP contribution in [-0.4, -0.2) is 43.2 Å². The molecule has 9 nitrogen and oxygen atoms in total. The molecular weight excluding hydrogens is 458 g/mol. The highest BCUT2D eigenvalue weighted by atomic mass is 32.2. The second kappa shape index (κ2) is 11.3. The molecule has 0 amide bonds. The zero-order chi connectivity index (χ0) is 24.6. The Hall–Kier alpha value is -3.92. The number of aromatic nitrogens is 2. The average molecular weight is 484 g/mol. The summed E-state index contributed by atoms with van der Waals surface area (Å²) in [6.45, 7) is 3.74. The van der Waals surface area contributed by atoms with E-state index in [1.54, 1.807) is 48.5 Å². The van der Waals surface area contributed by atoms with Crippen LogP contribution >= 0.6 is 0 Å². The minimum absolute atomic E-state index is 0.0537. The number of carboxylic acid groups (broad SMARTS) is 1. The van der Waals surface area contributed by atoms with Crippen molar-refractivity contribution in [1.82, 2.24) is 9.97 Å². The summed E-state index contributed by atoms with van der Waals surface area (Å²) in [4.78, 5) is 19.0. The van der Waals surface area contributed by atoms with E-state index in [0.717, 1.165) is 11.9 Å². The molecule has 1 aromatic heterocycles. The van der Waals surface area contributed by atoms with E-state index < -0.39 is 16.0 Å². The third-order valence-corrected chi connectivity index (χ3v) is 6.22. The van der Waals surface area contributed by atoms with Crippen molar-refractivity contribution >= 4 is 27.8 Å². The zero-order valence-corrected chi connectivity index (χ0v) is 19.4. The van der Waals surface area contributed by atoms with E-state index in [4.69, 9.17) is 14.6 Å². The number of methoxy groups -OCH3 is 1. The number of rotatable bonds is 12. The van der Waals surface area contributed by atoms with Crippen LogP contribution in [0.5, 0.6) is 11.6 Å². The topological polar surface area (TPSA) is 128 Å². The summed E-state index contributed by atoms with van der Waals surface area (Å²) in [6, 6.07) is 13.9. The quantitative estimate of drug-likeness (QED) is 0.294. The molecule has 0 aliphatic rings. The Morgan fingerprint density at radius 3 is 2.56 bits per heavy atom. The van der Waals surface area contributed by atoms with E-state index in [9.17, 15) is 13.2 Å². The SMILES string of the molecule is C=Cc1ccc(NS(=O)(=O)c2ncnc(OCCCC(=O)O)c2Cc2ccccc2OC)cc1. The lowest BCUT2D eigenvalue weighted by atomic mass is 10.1. The molecule has 0 spiro atoms. The zero-order valence-electron chi connectivity index (χ0n) is 18.6. The molecule has 0 bridgehead atoms. The van der Waals surface area contributed by atoms with Gasteiger partial charge in [-0.1, -0.05) is 43.0 Å². The minimum Gasteiger partial charge on any atom is -0.496 e. The maximum atomic E-state index is 13.3. The lowest BCUT2D eigenvalue weighted by Crippen LogP contribution is -2.18. The molecule has 0 radical (unpaired) electrons. The van der Waals surface area contributed by atoms with Crippen LogP contribution in [0.2, 0.25) is 0 Å². The van der Waals surface area contributed by atoms with Crippen molar-refractivity contribution in [3.8, 4) is 11.6 Å². The predicted molar refractivity (Wildman–Crippen MR) is 128 cm³/mol. The number of nitrogens with one attached hydrogen (secondary N) is 1. The van der Waals surface area contributed by atoms with Crippen LogP contribution in [0.3, 0.4) is 0 Å². The van der Waals surface area contributed by atoms with Crippen molar-refractivity contribution < 1.29 is 27.8 Å². The van der Waals surface area contributed by atoms with Gasteiger partial charge in [0, 0.05) is 18.5 Å². The molecule has 0 fully saturated rings. The number of benzene rings is 2. The number of ether oxygens (including phenoxy) is 2. The van der Waals surface area contributed by atoms with Gasteiger partial charge in [-0.25, -0.2) is 9.97 Å². The Morgan fingerprint density at radius 1 is 1.15 bits per heavy atom. The Morgan fingerprint density at radius 2 is 1.88 bits per heavy atom. The molecule has 3 rings (SSSR count). The monoisotopic (exact) mass is 483 g/mol. The van der Waals surface area contributed by atoms with Gasteiger partial charge in [0.2, 0.25) is 5.88 Å². The highest BCUT2D eigenvalue weighted by molar-refractivity contribution is 7.92. The van der Waals surface area contributed by atoms with Gasteiger partial charge in [-0.15, -0.1) is 0 Å². The van der Waals surface area contributed by atoms with Gasteiger partial charge in [-0.2, -0.15) is 8.42 Å². The van der Waals surface area contributed by atoms with Crippen LogP contribution in [-0.2, 0) is 21.2 Å². The summed E-state index contributed by atoms with van der Waals surface area (Å²) in [7, 11) is -2.59. The van der Waals surface area contributed by atoms with Crippen molar-refractivity contribution in [2.75, 3.05) is 18.4 Å². The maximum Gasteiger partial charge on any atom is 0.303 e. The number of aliphatic carboxylic acids is 1. The number of nitrogens with zero attached hydrogens (tertiary/aromatic N) is 2. The van der Waals surface area contributed by atoms with E-state index in [1.165, 1.54) is 7.11 Å². The van der Waals surface area contributed by atoms with E-state index in [2.05, 4.69) is 21.3 Å². The van der Waals surface area contributed by atoms with E-state index in [1.807, 2.05) is 6.07 Å². The number of anilines is 1. The molecule has 0 atom stereocenters. The second-order valence-corrected chi connectivity index (χ2v) is 8.83. The summed E-state index contributed by atoms with van der Waals surface area (Å²) >= 11 is 0. The molecule has 1 heterocycles. The second-order valence-electron chi connectivity index (χ2n) is 7.23. The van der Waals surface area contributed by atoms with Gasteiger partial charge in [0.05, 0.1) is 19.3 Å². The van der Waals surface area contributed by atoms with Crippen LogP contribution in [0.1, 0.15) is 29.5 Å². The van der Waals surface area contributed by atoms with Gasteiger partial charge in [0.1, 0.15) is 12.1 Å². The highest BCUT2D eigenvalue weighted by Gasteiger charge is 2.26. The molecule has 0 saturated heterocycles. The fraction of sp³-hybridized carbons (Fsp3) is 0.208. The first-order valence-electron chi connectivity index (χ1n) is 10.4. The van der Waals surface area contributed by atoms with Crippen LogP contribution in [0.25, 0.3) is 6.08 Å².